The van der Waals surface area contributed by atoms with E-state index in [2.05, 4.69) is 5.32 Å². The highest BCUT2D eigenvalue weighted by Gasteiger charge is 2.22. The lowest BCUT2D eigenvalue weighted by molar-refractivity contribution is -0.142. The molecular formula is C21H18FNO3. The summed E-state index contributed by atoms with van der Waals surface area (Å²) < 4.78 is 17.8. The highest BCUT2D eigenvalue weighted by Crippen LogP contribution is 2.16. The van der Waals surface area contributed by atoms with Gasteiger partial charge in [-0.15, -0.1) is 0 Å². The van der Waals surface area contributed by atoms with Crippen LogP contribution in [0.15, 0.2) is 66.7 Å². The Morgan fingerprint density at radius 3 is 2.38 bits per heavy atom. The largest absolute Gasteiger partial charge is 0.467 e. The molecule has 1 amide bonds. The Hall–Kier alpha value is -3.21. The summed E-state index contributed by atoms with van der Waals surface area (Å²) in [4.78, 5) is 24.6. The lowest BCUT2D eigenvalue weighted by atomic mass is 10.0. The van der Waals surface area contributed by atoms with Gasteiger partial charge in [-0.05, 0) is 40.6 Å². The number of methoxy groups -OCH3 is 1. The van der Waals surface area contributed by atoms with Crippen LogP contribution in [-0.2, 0) is 16.0 Å². The summed E-state index contributed by atoms with van der Waals surface area (Å²) in [7, 11) is 1.27. The zero-order valence-electron chi connectivity index (χ0n) is 14.2. The molecule has 26 heavy (non-hydrogen) atoms. The number of benzene rings is 3. The molecule has 0 aliphatic heterocycles. The Kier molecular flexibility index (Phi) is 5.27. The number of carbonyl (C=O) groups excluding carboxylic acids is 2. The van der Waals surface area contributed by atoms with Crippen molar-refractivity contribution in [1.29, 1.82) is 0 Å². The molecule has 0 aromatic heterocycles. The van der Waals surface area contributed by atoms with Crippen molar-refractivity contribution in [2.24, 2.45) is 0 Å². The van der Waals surface area contributed by atoms with E-state index in [4.69, 9.17) is 4.74 Å². The van der Waals surface area contributed by atoms with E-state index >= 15 is 0 Å². The molecule has 3 aromatic rings. The number of nitrogens with one attached hydrogen (secondary N) is 1. The number of ether oxygens (including phenoxy) is 1. The Labute approximate surface area is 150 Å². The number of rotatable bonds is 5. The molecule has 0 heterocycles. The fourth-order valence-corrected chi connectivity index (χ4v) is 2.76. The minimum absolute atomic E-state index is 0.215. The van der Waals surface area contributed by atoms with Gasteiger partial charge in [-0.1, -0.05) is 42.5 Å². The highest BCUT2D eigenvalue weighted by atomic mass is 19.1. The van der Waals surface area contributed by atoms with E-state index in [9.17, 15) is 14.0 Å². The third-order valence-corrected chi connectivity index (χ3v) is 4.16. The summed E-state index contributed by atoms with van der Waals surface area (Å²) in [6, 6.07) is 18.0. The molecule has 3 aromatic carbocycles. The molecule has 1 atom stereocenters. The predicted molar refractivity (Wildman–Crippen MR) is 97.3 cm³/mol. The van der Waals surface area contributed by atoms with Gasteiger partial charge in [-0.25, -0.2) is 9.18 Å². The van der Waals surface area contributed by atoms with E-state index in [0.717, 1.165) is 16.3 Å². The number of halogens is 1. The predicted octanol–water partition coefficient (Wildman–Crippen LogP) is 3.49. The Morgan fingerprint density at radius 2 is 1.69 bits per heavy atom. The minimum atomic E-state index is -0.857. The second-order valence-corrected chi connectivity index (χ2v) is 5.94. The summed E-state index contributed by atoms with van der Waals surface area (Å²) in [5, 5.41) is 4.67. The summed E-state index contributed by atoms with van der Waals surface area (Å²) in [5.41, 5.74) is 1.18. The minimum Gasteiger partial charge on any atom is -0.467 e. The number of hydrogen-bond acceptors (Lipinski definition) is 3. The van der Waals surface area contributed by atoms with Crippen molar-refractivity contribution in [2.45, 2.75) is 12.5 Å². The van der Waals surface area contributed by atoms with Gasteiger partial charge in [0.2, 0.25) is 0 Å². The van der Waals surface area contributed by atoms with Crippen LogP contribution in [0.1, 0.15) is 15.9 Å². The average Bonchev–Trinajstić information content (AvgIpc) is 2.68. The van der Waals surface area contributed by atoms with Gasteiger partial charge >= 0.3 is 5.97 Å². The summed E-state index contributed by atoms with van der Waals surface area (Å²) in [6.45, 7) is 0. The van der Waals surface area contributed by atoms with E-state index in [0.29, 0.717) is 5.56 Å². The molecule has 0 saturated heterocycles. The normalized spacial score (nSPS) is 11.8. The topological polar surface area (TPSA) is 55.4 Å². The van der Waals surface area contributed by atoms with Gasteiger partial charge in [0.1, 0.15) is 11.9 Å². The maximum atomic E-state index is 13.0. The molecule has 0 spiro atoms. The lowest BCUT2D eigenvalue weighted by Crippen LogP contribution is -2.43. The van der Waals surface area contributed by atoms with Gasteiger partial charge in [0.25, 0.3) is 5.91 Å². The molecule has 1 N–H and O–H groups in total. The molecule has 3 rings (SSSR count). The highest BCUT2D eigenvalue weighted by molar-refractivity contribution is 6.00. The van der Waals surface area contributed by atoms with Crippen LogP contribution >= 0.6 is 0 Å². The fourth-order valence-electron chi connectivity index (χ4n) is 2.76. The van der Waals surface area contributed by atoms with Crippen LogP contribution in [-0.4, -0.2) is 25.0 Å². The Bertz CT molecular complexity index is 937. The van der Waals surface area contributed by atoms with E-state index in [-0.39, 0.29) is 18.1 Å². The fraction of sp³-hybridized carbons (Fsp3) is 0.143. The van der Waals surface area contributed by atoms with Gasteiger partial charge in [0.05, 0.1) is 7.11 Å². The maximum Gasteiger partial charge on any atom is 0.328 e. The Balaban J connectivity index is 1.79. The number of fused-ring (bicyclic) bond motifs is 1. The molecule has 0 saturated carbocycles. The van der Waals surface area contributed by atoms with Crippen LogP contribution in [0.2, 0.25) is 0 Å². The van der Waals surface area contributed by atoms with E-state index in [1.54, 1.807) is 24.3 Å². The second kappa shape index (κ2) is 7.78. The number of amides is 1. The molecule has 0 aliphatic rings. The first-order valence-electron chi connectivity index (χ1n) is 8.19. The summed E-state index contributed by atoms with van der Waals surface area (Å²) in [6.07, 6.45) is 0.215. The first-order chi connectivity index (χ1) is 12.6. The van der Waals surface area contributed by atoms with E-state index in [1.807, 2.05) is 30.3 Å². The van der Waals surface area contributed by atoms with Crippen molar-refractivity contribution < 1.29 is 18.7 Å². The van der Waals surface area contributed by atoms with Gasteiger partial charge < -0.3 is 10.1 Å². The van der Waals surface area contributed by atoms with E-state index < -0.39 is 12.0 Å². The lowest BCUT2D eigenvalue weighted by Gasteiger charge is -2.17. The molecule has 4 nitrogen and oxygen atoms in total. The van der Waals surface area contributed by atoms with Gasteiger partial charge in [0, 0.05) is 12.0 Å². The van der Waals surface area contributed by atoms with Crippen molar-refractivity contribution in [1.82, 2.24) is 5.32 Å². The molecule has 0 bridgehead atoms. The van der Waals surface area contributed by atoms with Crippen LogP contribution in [0.4, 0.5) is 4.39 Å². The van der Waals surface area contributed by atoms with Crippen molar-refractivity contribution in [3.05, 3.63) is 83.7 Å². The molecule has 0 fully saturated rings. The van der Waals surface area contributed by atoms with Crippen LogP contribution in [0.25, 0.3) is 10.8 Å². The Morgan fingerprint density at radius 1 is 1.00 bits per heavy atom. The van der Waals surface area contributed by atoms with Crippen molar-refractivity contribution in [3.8, 4) is 0 Å². The van der Waals surface area contributed by atoms with Crippen molar-refractivity contribution in [3.63, 3.8) is 0 Å². The van der Waals surface area contributed by atoms with Gasteiger partial charge in [0.15, 0.2) is 0 Å². The first-order valence-corrected chi connectivity index (χ1v) is 8.19. The standard InChI is InChI=1S/C21H18FNO3/c1-26-21(25)19(12-14-6-10-18(22)11-7-14)23-20(24)17-9-8-15-4-2-3-5-16(15)13-17/h2-11,13,19H,12H2,1H3,(H,23,24)/t19-/m0/s1. The van der Waals surface area contributed by atoms with Crippen LogP contribution in [0.5, 0.6) is 0 Å². The zero-order chi connectivity index (χ0) is 18.5. The molecule has 0 unspecified atom stereocenters. The number of esters is 1. The third kappa shape index (κ3) is 4.06. The van der Waals surface area contributed by atoms with Gasteiger partial charge in [-0.2, -0.15) is 0 Å². The molecular weight excluding hydrogens is 333 g/mol. The molecule has 132 valence electrons. The first kappa shape index (κ1) is 17.6. The summed E-state index contributed by atoms with van der Waals surface area (Å²) >= 11 is 0. The van der Waals surface area contributed by atoms with Crippen LogP contribution in [0, 0.1) is 5.82 Å². The third-order valence-electron chi connectivity index (χ3n) is 4.16. The van der Waals surface area contributed by atoms with Gasteiger partial charge in [-0.3, -0.25) is 4.79 Å². The maximum absolute atomic E-state index is 13.0. The second-order valence-electron chi connectivity index (χ2n) is 5.94. The number of carbonyl (C=O) groups is 2. The summed E-state index contributed by atoms with van der Waals surface area (Å²) in [5.74, 6) is -1.28. The average molecular weight is 351 g/mol. The monoisotopic (exact) mass is 351 g/mol. The van der Waals surface area contributed by atoms with E-state index in [1.165, 1.54) is 19.2 Å². The van der Waals surface area contributed by atoms with Crippen LogP contribution < -0.4 is 5.32 Å². The molecule has 0 aliphatic carbocycles. The quantitative estimate of drug-likeness (QED) is 0.716. The van der Waals surface area contributed by atoms with Crippen molar-refractivity contribution in [2.75, 3.05) is 7.11 Å². The SMILES string of the molecule is COC(=O)[C@H](Cc1ccc(F)cc1)NC(=O)c1ccc2ccccc2c1. The molecule has 0 radical (unpaired) electrons. The number of hydrogen-bond donors (Lipinski definition) is 1. The molecule has 5 heteroatoms. The smallest absolute Gasteiger partial charge is 0.328 e. The van der Waals surface area contributed by atoms with Crippen molar-refractivity contribution >= 4 is 22.6 Å². The zero-order valence-corrected chi connectivity index (χ0v) is 14.2. The van der Waals surface area contributed by atoms with Crippen LogP contribution in [0.3, 0.4) is 0 Å².